The number of rotatable bonds is 7. The Morgan fingerprint density at radius 1 is 1.19 bits per heavy atom. The van der Waals surface area contributed by atoms with Gasteiger partial charge in [-0.1, -0.05) is 17.7 Å². The maximum Gasteiger partial charge on any atom is 0.255 e. The third-order valence-electron chi connectivity index (χ3n) is 4.74. The summed E-state index contributed by atoms with van der Waals surface area (Å²) in [4.78, 5) is 28.7. The molecule has 0 aliphatic heterocycles. The van der Waals surface area contributed by atoms with Gasteiger partial charge in [-0.3, -0.25) is 15.2 Å². The Morgan fingerprint density at radius 2 is 2.03 bits per heavy atom. The van der Waals surface area contributed by atoms with Crippen molar-refractivity contribution in [1.29, 1.82) is 5.41 Å². The number of nitrogens with zero attached hydrogens (tertiary/aromatic N) is 3. The molecule has 0 spiro atoms. The molecule has 8 nitrogen and oxygen atoms in total. The first-order chi connectivity index (χ1) is 15.4. The molecule has 0 bridgehead atoms. The van der Waals surface area contributed by atoms with Crippen LogP contribution in [0.4, 0.5) is 5.69 Å². The van der Waals surface area contributed by atoms with Crippen molar-refractivity contribution >= 4 is 40.1 Å². The molecule has 0 saturated heterocycles. The van der Waals surface area contributed by atoms with Gasteiger partial charge in [0.25, 0.3) is 5.91 Å². The fourth-order valence-electron chi connectivity index (χ4n) is 3.23. The third-order valence-corrected chi connectivity index (χ3v) is 4.97. The number of anilines is 1. The number of benzene rings is 1. The standard InChI is InChI=1S/C23H22ClN7O/c1-13(2)30-23(32)17-11-28-22-21(17)31-19(12-29-22)20(25)16-7-6-14(24)9-18(16)27-10-15-5-3-4-8-26-15/h3-9,11-13,25,27H,10H2,1-2H3,(H,28,29)(H,30,32). The van der Waals surface area contributed by atoms with Crippen LogP contribution < -0.4 is 10.6 Å². The number of aromatic nitrogens is 4. The number of pyridine rings is 1. The molecule has 1 amide bonds. The van der Waals surface area contributed by atoms with Gasteiger partial charge in [-0.2, -0.15) is 0 Å². The highest BCUT2D eigenvalue weighted by Crippen LogP contribution is 2.25. The zero-order valence-electron chi connectivity index (χ0n) is 17.6. The average molecular weight is 448 g/mol. The smallest absolute Gasteiger partial charge is 0.255 e. The number of nitrogens with one attached hydrogen (secondary N) is 4. The number of hydrogen-bond acceptors (Lipinski definition) is 6. The van der Waals surface area contributed by atoms with Gasteiger partial charge in [0, 0.05) is 34.7 Å². The summed E-state index contributed by atoms with van der Waals surface area (Å²) in [6.07, 6.45) is 4.83. The molecule has 3 heterocycles. The van der Waals surface area contributed by atoms with Crippen molar-refractivity contribution in [2.45, 2.75) is 26.4 Å². The van der Waals surface area contributed by atoms with Gasteiger partial charge in [0.1, 0.15) is 11.2 Å². The van der Waals surface area contributed by atoms with E-state index in [2.05, 4.69) is 30.6 Å². The molecular formula is C23H22ClN7O. The molecule has 0 aliphatic rings. The molecule has 9 heteroatoms. The molecule has 3 aromatic heterocycles. The summed E-state index contributed by atoms with van der Waals surface area (Å²) in [7, 11) is 0. The normalized spacial score (nSPS) is 11.0. The van der Waals surface area contributed by atoms with Crippen molar-refractivity contribution in [1.82, 2.24) is 25.3 Å². The Morgan fingerprint density at radius 3 is 2.78 bits per heavy atom. The Bertz CT molecular complexity index is 1280. The Labute approximate surface area is 190 Å². The van der Waals surface area contributed by atoms with E-state index in [0.717, 1.165) is 5.69 Å². The first-order valence-electron chi connectivity index (χ1n) is 10.1. The lowest BCUT2D eigenvalue weighted by molar-refractivity contribution is 0.0944. The number of halogens is 1. The zero-order valence-corrected chi connectivity index (χ0v) is 18.4. The van der Waals surface area contributed by atoms with Gasteiger partial charge in [-0.25, -0.2) is 9.97 Å². The van der Waals surface area contributed by atoms with Crippen LogP contribution in [0.5, 0.6) is 0 Å². The number of aromatic amines is 1. The van der Waals surface area contributed by atoms with Crippen LogP contribution in [-0.2, 0) is 6.54 Å². The molecule has 0 fully saturated rings. The van der Waals surface area contributed by atoms with Gasteiger partial charge in [-0.15, -0.1) is 0 Å². The summed E-state index contributed by atoms with van der Waals surface area (Å²) in [6.45, 7) is 4.25. The Kier molecular flexibility index (Phi) is 6.13. The molecular weight excluding hydrogens is 426 g/mol. The van der Waals surface area contributed by atoms with Gasteiger partial charge >= 0.3 is 0 Å². The summed E-state index contributed by atoms with van der Waals surface area (Å²) < 4.78 is 0. The first-order valence-corrected chi connectivity index (χ1v) is 10.5. The lowest BCUT2D eigenvalue weighted by Crippen LogP contribution is -2.30. The van der Waals surface area contributed by atoms with Gasteiger partial charge in [-0.05, 0) is 44.2 Å². The van der Waals surface area contributed by atoms with Crippen molar-refractivity contribution < 1.29 is 4.79 Å². The second-order valence-electron chi connectivity index (χ2n) is 7.52. The van der Waals surface area contributed by atoms with Gasteiger partial charge < -0.3 is 15.6 Å². The van der Waals surface area contributed by atoms with E-state index in [1.54, 1.807) is 30.6 Å². The van der Waals surface area contributed by atoms with Gasteiger partial charge in [0.15, 0.2) is 5.65 Å². The summed E-state index contributed by atoms with van der Waals surface area (Å²) in [5, 5.41) is 15.5. The quantitative estimate of drug-likeness (QED) is 0.317. The maximum atomic E-state index is 12.5. The van der Waals surface area contributed by atoms with Crippen molar-refractivity contribution in [2.75, 3.05) is 5.32 Å². The lowest BCUT2D eigenvalue weighted by Gasteiger charge is -2.13. The van der Waals surface area contributed by atoms with E-state index in [1.807, 2.05) is 32.0 Å². The molecule has 162 valence electrons. The predicted octanol–water partition coefficient (Wildman–Crippen LogP) is 4.17. The van der Waals surface area contributed by atoms with Crippen LogP contribution in [-0.4, -0.2) is 37.6 Å². The SMILES string of the molecule is CC(C)NC(=O)c1c[nH]c2ncc(C(=N)c3ccc(Cl)cc3NCc3ccccn3)nc12. The number of hydrogen-bond donors (Lipinski definition) is 4. The van der Waals surface area contributed by atoms with Crippen LogP contribution >= 0.6 is 11.6 Å². The maximum absolute atomic E-state index is 12.5. The lowest BCUT2D eigenvalue weighted by atomic mass is 10.0. The van der Waals surface area contributed by atoms with Crippen molar-refractivity contribution in [3.63, 3.8) is 0 Å². The minimum Gasteiger partial charge on any atom is -0.379 e. The van der Waals surface area contributed by atoms with Crippen molar-refractivity contribution in [3.05, 3.63) is 82.5 Å². The highest BCUT2D eigenvalue weighted by Gasteiger charge is 2.18. The number of carbonyl (C=O) groups excluding carboxylic acids is 1. The molecule has 0 radical (unpaired) electrons. The highest BCUT2D eigenvalue weighted by molar-refractivity contribution is 6.31. The Balaban J connectivity index is 1.66. The minimum absolute atomic E-state index is 0.0105. The molecule has 32 heavy (non-hydrogen) atoms. The largest absolute Gasteiger partial charge is 0.379 e. The number of H-pyrrole nitrogens is 1. The molecule has 4 aromatic rings. The number of carbonyl (C=O) groups is 1. The molecule has 4 N–H and O–H groups in total. The molecule has 0 atom stereocenters. The zero-order chi connectivity index (χ0) is 22.7. The van der Waals surface area contributed by atoms with Crippen LogP contribution in [0.1, 0.15) is 41.2 Å². The van der Waals surface area contributed by atoms with Crippen LogP contribution in [0.3, 0.4) is 0 Å². The molecule has 1 aromatic carbocycles. The summed E-state index contributed by atoms with van der Waals surface area (Å²) in [6, 6.07) is 10.9. The number of amides is 1. The fourth-order valence-corrected chi connectivity index (χ4v) is 3.40. The second-order valence-corrected chi connectivity index (χ2v) is 7.96. The molecule has 4 rings (SSSR count). The topological polar surface area (TPSA) is 119 Å². The van der Waals surface area contributed by atoms with Crippen molar-refractivity contribution in [2.24, 2.45) is 0 Å². The van der Waals surface area contributed by atoms with E-state index in [1.165, 1.54) is 6.20 Å². The molecule has 0 unspecified atom stereocenters. The van der Waals surface area contributed by atoms with E-state index in [9.17, 15) is 4.79 Å². The molecule has 0 aliphatic carbocycles. The minimum atomic E-state index is -0.242. The van der Waals surface area contributed by atoms with Gasteiger partial charge in [0.2, 0.25) is 0 Å². The van der Waals surface area contributed by atoms with Crippen molar-refractivity contribution in [3.8, 4) is 0 Å². The summed E-state index contributed by atoms with van der Waals surface area (Å²) >= 11 is 6.21. The third kappa shape index (κ3) is 4.60. The first kappa shape index (κ1) is 21.5. The summed E-state index contributed by atoms with van der Waals surface area (Å²) in [5.41, 5.74) is 3.96. The fraction of sp³-hybridized carbons (Fsp3) is 0.174. The average Bonchev–Trinajstić information content (AvgIpc) is 3.21. The van der Waals surface area contributed by atoms with Crippen LogP contribution in [0, 0.1) is 5.41 Å². The predicted molar refractivity (Wildman–Crippen MR) is 125 cm³/mol. The van der Waals surface area contributed by atoms with E-state index >= 15 is 0 Å². The monoisotopic (exact) mass is 447 g/mol. The van der Waals surface area contributed by atoms with E-state index in [0.29, 0.717) is 45.2 Å². The van der Waals surface area contributed by atoms with E-state index in [-0.39, 0.29) is 17.7 Å². The van der Waals surface area contributed by atoms with Crippen LogP contribution in [0.25, 0.3) is 11.2 Å². The van der Waals surface area contributed by atoms with E-state index in [4.69, 9.17) is 17.0 Å². The highest BCUT2D eigenvalue weighted by atomic mass is 35.5. The molecule has 0 saturated carbocycles. The van der Waals surface area contributed by atoms with Crippen LogP contribution in [0.2, 0.25) is 5.02 Å². The Hall–Kier alpha value is -3.78. The second kappa shape index (κ2) is 9.15. The van der Waals surface area contributed by atoms with E-state index < -0.39 is 0 Å². The summed E-state index contributed by atoms with van der Waals surface area (Å²) in [5.74, 6) is -0.242. The van der Waals surface area contributed by atoms with Gasteiger partial charge in [0.05, 0.1) is 29.7 Å². The number of fused-ring (bicyclic) bond motifs is 1. The van der Waals surface area contributed by atoms with Crippen LogP contribution in [0.15, 0.2) is 55.0 Å².